The van der Waals surface area contributed by atoms with E-state index in [9.17, 15) is 5.11 Å². The highest BCUT2D eigenvalue weighted by Gasteiger charge is 2.34. The minimum Gasteiger partial charge on any atom is -0.398 e. The van der Waals surface area contributed by atoms with Gasteiger partial charge in [0.15, 0.2) is 0 Å². The van der Waals surface area contributed by atoms with Gasteiger partial charge in [-0.25, -0.2) is 0 Å². The van der Waals surface area contributed by atoms with Gasteiger partial charge in [-0.2, -0.15) is 0 Å². The van der Waals surface area contributed by atoms with Crippen molar-refractivity contribution in [2.45, 2.75) is 31.9 Å². The monoisotopic (exact) mass is 178 g/mol. The van der Waals surface area contributed by atoms with E-state index in [2.05, 4.69) is 0 Å². The fourth-order valence-corrected chi connectivity index (χ4v) is 2.96. The van der Waals surface area contributed by atoms with Crippen molar-refractivity contribution in [1.29, 1.82) is 0 Å². The highest BCUT2D eigenvalue weighted by atomic mass is 28.3. The summed E-state index contributed by atoms with van der Waals surface area (Å²) < 4.78 is 10.2. The Morgan fingerprint density at radius 1 is 1.36 bits per heavy atom. The maximum absolute atomic E-state index is 9.79. The van der Waals surface area contributed by atoms with Crippen LogP contribution in [0.4, 0.5) is 0 Å². The number of hydrogen-bond acceptors (Lipinski definition) is 3. The van der Waals surface area contributed by atoms with E-state index in [1.807, 2.05) is 6.92 Å². The van der Waals surface area contributed by atoms with Crippen LogP contribution >= 0.6 is 0 Å². The average molecular weight is 178 g/mol. The molecule has 0 aromatic carbocycles. The normalized spacial score (nSPS) is 16.9. The molecule has 0 radical (unpaired) electrons. The largest absolute Gasteiger partial charge is 0.398 e. The summed E-state index contributed by atoms with van der Waals surface area (Å²) in [7, 11) is 1.31. The molecular formula is C7H18O3Si. The molecule has 0 amide bonds. The molecular weight excluding hydrogens is 160 g/mol. The lowest BCUT2D eigenvalue weighted by molar-refractivity contribution is 0.0751. The highest BCUT2D eigenvalue weighted by Crippen LogP contribution is 2.16. The van der Waals surface area contributed by atoms with Crippen LogP contribution in [0.5, 0.6) is 0 Å². The summed E-state index contributed by atoms with van der Waals surface area (Å²) in [6.07, 6.45) is 1.69. The zero-order valence-corrected chi connectivity index (χ0v) is 8.91. The van der Waals surface area contributed by atoms with Gasteiger partial charge in [0.25, 0.3) is 0 Å². The van der Waals surface area contributed by atoms with Crippen molar-refractivity contribution in [3.8, 4) is 0 Å². The van der Waals surface area contributed by atoms with Crippen LogP contribution in [-0.2, 0) is 8.85 Å². The average Bonchev–Trinajstić information content (AvgIpc) is 1.89. The SMILES string of the molecule is CCCC(C)(O)[SiH](OC)OC. The van der Waals surface area contributed by atoms with Gasteiger partial charge < -0.3 is 14.0 Å². The third-order valence-electron chi connectivity index (χ3n) is 1.69. The van der Waals surface area contributed by atoms with Gasteiger partial charge in [0.2, 0.25) is 0 Å². The molecule has 0 bridgehead atoms. The molecule has 0 fully saturated rings. The fraction of sp³-hybridized carbons (Fsp3) is 1.00. The summed E-state index contributed by atoms with van der Waals surface area (Å²) in [5, 5.41) is 9.05. The molecule has 3 nitrogen and oxygen atoms in total. The van der Waals surface area contributed by atoms with E-state index in [1.54, 1.807) is 21.1 Å². The Bertz CT molecular complexity index is 102. The molecule has 11 heavy (non-hydrogen) atoms. The number of rotatable bonds is 5. The van der Waals surface area contributed by atoms with Crippen molar-refractivity contribution in [2.75, 3.05) is 14.2 Å². The van der Waals surface area contributed by atoms with Crippen LogP contribution in [0.3, 0.4) is 0 Å². The quantitative estimate of drug-likeness (QED) is 0.626. The standard InChI is InChI=1S/C7H18O3Si/c1-5-6-7(2,8)11(9-3)10-4/h8,11H,5-6H2,1-4H3. The molecule has 0 aliphatic carbocycles. The van der Waals surface area contributed by atoms with Gasteiger partial charge in [-0.05, 0) is 13.3 Å². The van der Waals surface area contributed by atoms with Crippen LogP contribution in [0.15, 0.2) is 0 Å². The van der Waals surface area contributed by atoms with Gasteiger partial charge in [0.1, 0.15) is 5.22 Å². The molecule has 0 aliphatic rings. The van der Waals surface area contributed by atoms with Crippen molar-refractivity contribution in [3.63, 3.8) is 0 Å². The summed E-state index contributed by atoms with van der Waals surface area (Å²) in [6, 6.07) is 0. The predicted molar refractivity (Wildman–Crippen MR) is 46.7 cm³/mol. The summed E-state index contributed by atoms with van der Waals surface area (Å²) in [5.74, 6) is 0. The Morgan fingerprint density at radius 3 is 2.09 bits per heavy atom. The smallest absolute Gasteiger partial charge is 0.353 e. The fourth-order valence-electron chi connectivity index (χ4n) is 1.23. The third kappa shape index (κ3) is 3.33. The molecule has 0 saturated carbocycles. The lowest BCUT2D eigenvalue weighted by atomic mass is 10.2. The second-order valence-corrected chi connectivity index (χ2v) is 5.76. The van der Waals surface area contributed by atoms with Crippen molar-refractivity contribution >= 4 is 9.28 Å². The molecule has 0 rings (SSSR count). The molecule has 1 unspecified atom stereocenters. The van der Waals surface area contributed by atoms with Crippen molar-refractivity contribution < 1.29 is 14.0 Å². The van der Waals surface area contributed by atoms with E-state index in [0.29, 0.717) is 0 Å². The Hall–Kier alpha value is 0.0969. The summed E-state index contributed by atoms with van der Waals surface area (Å²) >= 11 is 0. The van der Waals surface area contributed by atoms with Gasteiger partial charge >= 0.3 is 9.28 Å². The number of aliphatic hydroxyl groups is 1. The molecule has 0 spiro atoms. The Balaban J connectivity index is 4.00. The molecule has 0 aromatic rings. The van der Waals surface area contributed by atoms with Crippen LogP contribution in [0.25, 0.3) is 0 Å². The van der Waals surface area contributed by atoms with E-state index < -0.39 is 14.5 Å². The maximum Gasteiger partial charge on any atom is 0.353 e. The van der Waals surface area contributed by atoms with Gasteiger partial charge in [0, 0.05) is 14.2 Å². The second kappa shape index (κ2) is 4.87. The Labute approximate surface area is 70.2 Å². The van der Waals surface area contributed by atoms with Crippen molar-refractivity contribution in [3.05, 3.63) is 0 Å². The summed E-state index contributed by atoms with van der Waals surface area (Å²) in [5.41, 5.74) is 0. The predicted octanol–water partition coefficient (Wildman–Crippen LogP) is 0.590. The van der Waals surface area contributed by atoms with Crippen LogP contribution in [0.1, 0.15) is 26.7 Å². The molecule has 0 aliphatic heterocycles. The Kier molecular flexibility index (Phi) is 4.91. The van der Waals surface area contributed by atoms with Gasteiger partial charge in [-0.1, -0.05) is 13.3 Å². The first kappa shape index (κ1) is 11.1. The van der Waals surface area contributed by atoms with Crippen LogP contribution in [-0.4, -0.2) is 33.8 Å². The lowest BCUT2D eigenvalue weighted by Crippen LogP contribution is -2.46. The van der Waals surface area contributed by atoms with Crippen LogP contribution in [0, 0.1) is 0 Å². The first-order valence-electron chi connectivity index (χ1n) is 3.86. The van der Waals surface area contributed by atoms with Gasteiger partial charge in [0.05, 0.1) is 0 Å². The first-order valence-corrected chi connectivity index (χ1v) is 5.38. The molecule has 4 heteroatoms. The van der Waals surface area contributed by atoms with Crippen molar-refractivity contribution in [1.82, 2.24) is 0 Å². The summed E-state index contributed by atoms with van der Waals surface area (Å²) in [4.78, 5) is 0. The van der Waals surface area contributed by atoms with E-state index in [1.165, 1.54) is 0 Å². The molecule has 0 saturated heterocycles. The van der Waals surface area contributed by atoms with E-state index in [4.69, 9.17) is 8.85 Å². The molecule has 0 aromatic heterocycles. The highest BCUT2D eigenvalue weighted by molar-refractivity contribution is 6.47. The van der Waals surface area contributed by atoms with Gasteiger partial charge in [-0.3, -0.25) is 0 Å². The van der Waals surface area contributed by atoms with E-state index in [0.717, 1.165) is 12.8 Å². The molecule has 68 valence electrons. The Morgan fingerprint density at radius 2 is 1.82 bits per heavy atom. The zero-order chi connectivity index (χ0) is 8.91. The number of hydrogen-bond donors (Lipinski definition) is 1. The lowest BCUT2D eigenvalue weighted by Gasteiger charge is -2.27. The maximum atomic E-state index is 9.79. The van der Waals surface area contributed by atoms with Crippen LogP contribution in [0.2, 0.25) is 0 Å². The topological polar surface area (TPSA) is 38.7 Å². The first-order chi connectivity index (χ1) is 5.08. The summed E-state index contributed by atoms with van der Waals surface area (Å²) in [6.45, 7) is 3.81. The molecule has 1 N–H and O–H groups in total. The molecule has 0 heterocycles. The second-order valence-electron chi connectivity index (χ2n) is 2.91. The minimum atomic E-state index is -1.86. The molecule has 1 atom stereocenters. The van der Waals surface area contributed by atoms with E-state index >= 15 is 0 Å². The van der Waals surface area contributed by atoms with Crippen LogP contribution < -0.4 is 0 Å². The van der Waals surface area contributed by atoms with Crippen molar-refractivity contribution in [2.24, 2.45) is 0 Å². The zero-order valence-electron chi connectivity index (χ0n) is 7.76. The third-order valence-corrected chi connectivity index (χ3v) is 3.85. The van der Waals surface area contributed by atoms with E-state index in [-0.39, 0.29) is 0 Å². The minimum absolute atomic E-state index is 0.738. The van der Waals surface area contributed by atoms with Gasteiger partial charge in [-0.15, -0.1) is 0 Å².